The average molecular weight is 281 g/mol. The van der Waals surface area contributed by atoms with Crippen molar-refractivity contribution in [3.63, 3.8) is 0 Å². The molecule has 1 unspecified atom stereocenters. The fourth-order valence-corrected chi connectivity index (χ4v) is 2.65. The van der Waals surface area contributed by atoms with Gasteiger partial charge in [-0.15, -0.1) is 0 Å². The number of rotatable bonds is 1. The van der Waals surface area contributed by atoms with Crippen LogP contribution in [0, 0.1) is 0 Å². The highest BCUT2D eigenvalue weighted by Crippen LogP contribution is 2.29. The third-order valence-corrected chi connectivity index (χ3v) is 3.66. The molecule has 0 radical (unpaired) electrons. The van der Waals surface area contributed by atoms with Gasteiger partial charge in [-0.25, -0.2) is 4.98 Å². The maximum absolute atomic E-state index is 5.78. The van der Waals surface area contributed by atoms with Crippen LogP contribution in [0.15, 0.2) is 29.0 Å². The quantitative estimate of drug-likeness (QED) is 0.800. The first-order valence-corrected chi connectivity index (χ1v) is 6.38. The number of hydrogen-bond acceptors (Lipinski definition) is 2. The monoisotopic (exact) mass is 280 g/mol. The van der Waals surface area contributed by atoms with Crippen LogP contribution in [0.4, 0.5) is 0 Å². The van der Waals surface area contributed by atoms with E-state index in [1.165, 1.54) is 12.8 Å². The van der Waals surface area contributed by atoms with Crippen molar-refractivity contribution in [3.8, 4) is 0 Å². The number of para-hydroxylation sites is 1. The SMILES string of the molecule is Brc1cccc2c1ncn2C1CCCCO1. The molecule has 0 bridgehead atoms. The van der Waals surface area contributed by atoms with Crippen LogP contribution in [0.2, 0.25) is 0 Å². The van der Waals surface area contributed by atoms with Crippen LogP contribution in [0.25, 0.3) is 11.0 Å². The highest BCUT2D eigenvalue weighted by atomic mass is 79.9. The lowest BCUT2D eigenvalue weighted by Crippen LogP contribution is -2.17. The lowest BCUT2D eigenvalue weighted by atomic mass is 10.2. The fourth-order valence-electron chi connectivity index (χ4n) is 2.19. The maximum Gasteiger partial charge on any atom is 0.135 e. The Morgan fingerprint density at radius 1 is 1.38 bits per heavy atom. The number of hydrogen-bond donors (Lipinski definition) is 0. The fraction of sp³-hybridized carbons (Fsp3) is 0.417. The largest absolute Gasteiger partial charge is 0.358 e. The predicted octanol–water partition coefficient (Wildman–Crippen LogP) is 3.50. The van der Waals surface area contributed by atoms with Gasteiger partial charge in [0, 0.05) is 11.1 Å². The second-order valence-corrected chi connectivity index (χ2v) is 4.93. The standard InChI is InChI=1S/C12H13BrN2O/c13-9-4-3-5-10-12(9)14-8-15(10)11-6-1-2-7-16-11/h3-5,8,11H,1-2,6-7H2. The van der Waals surface area contributed by atoms with E-state index in [2.05, 4.69) is 31.5 Å². The molecule has 1 aromatic heterocycles. The van der Waals surface area contributed by atoms with Gasteiger partial charge in [0.15, 0.2) is 0 Å². The number of halogens is 1. The molecule has 0 saturated carbocycles. The Bertz CT molecular complexity index is 503. The molecule has 2 aromatic rings. The minimum absolute atomic E-state index is 0.160. The van der Waals surface area contributed by atoms with Gasteiger partial charge in [-0.2, -0.15) is 0 Å². The van der Waals surface area contributed by atoms with E-state index in [1.54, 1.807) is 0 Å². The summed E-state index contributed by atoms with van der Waals surface area (Å²) in [7, 11) is 0. The third kappa shape index (κ3) is 1.66. The van der Waals surface area contributed by atoms with E-state index < -0.39 is 0 Å². The topological polar surface area (TPSA) is 27.1 Å². The van der Waals surface area contributed by atoms with Crippen LogP contribution < -0.4 is 0 Å². The molecule has 16 heavy (non-hydrogen) atoms. The molecule has 1 aliphatic heterocycles. The van der Waals surface area contributed by atoms with E-state index in [9.17, 15) is 0 Å². The van der Waals surface area contributed by atoms with Gasteiger partial charge in [0.05, 0.1) is 11.8 Å². The second-order valence-electron chi connectivity index (χ2n) is 4.08. The maximum atomic E-state index is 5.78. The van der Waals surface area contributed by atoms with Gasteiger partial charge >= 0.3 is 0 Å². The van der Waals surface area contributed by atoms with Crippen molar-refractivity contribution in [1.82, 2.24) is 9.55 Å². The van der Waals surface area contributed by atoms with E-state index in [0.29, 0.717) is 0 Å². The zero-order chi connectivity index (χ0) is 11.0. The molecular formula is C12H13BrN2O. The van der Waals surface area contributed by atoms with Crippen LogP contribution in [0.5, 0.6) is 0 Å². The Balaban J connectivity index is 2.06. The Hall–Kier alpha value is -0.870. The van der Waals surface area contributed by atoms with Gasteiger partial charge < -0.3 is 9.30 Å². The van der Waals surface area contributed by atoms with E-state index in [0.717, 1.165) is 28.5 Å². The summed E-state index contributed by atoms with van der Waals surface area (Å²) in [6.45, 7) is 0.859. The number of imidazole rings is 1. The van der Waals surface area contributed by atoms with Gasteiger partial charge in [0.25, 0.3) is 0 Å². The van der Waals surface area contributed by atoms with Gasteiger partial charge in [-0.3, -0.25) is 0 Å². The molecule has 0 amide bonds. The molecule has 2 heterocycles. The molecule has 1 aromatic carbocycles. The normalized spacial score (nSPS) is 21.4. The molecule has 84 valence electrons. The molecule has 1 saturated heterocycles. The van der Waals surface area contributed by atoms with Gasteiger partial charge in [-0.05, 0) is 47.3 Å². The highest BCUT2D eigenvalue weighted by Gasteiger charge is 2.18. The molecule has 3 rings (SSSR count). The van der Waals surface area contributed by atoms with Gasteiger partial charge in [-0.1, -0.05) is 6.07 Å². The second kappa shape index (κ2) is 4.18. The first-order chi connectivity index (χ1) is 7.86. The summed E-state index contributed by atoms with van der Waals surface area (Å²) in [5.41, 5.74) is 2.15. The van der Waals surface area contributed by atoms with Crippen molar-refractivity contribution in [2.24, 2.45) is 0 Å². The molecular weight excluding hydrogens is 268 g/mol. The van der Waals surface area contributed by atoms with Gasteiger partial charge in [0.2, 0.25) is 0 Å². The number of aromatic nitrogens is 2. The summed E-state index contributed by atoms with van der Waals surface area (Å²) < 4.78 is 8.96. The van der Waals surface area contributed by atoms with Crippen LogP contribution in [-0.4, -0.2) is 16.2 Å². The first-order valence-electron chi connectivity index (χ1n) is 5.59. The molecule has 0 aliphatic carbocycles. The van der Waals surface area contributed by atoms with Crippen molar-refractivity contribution >= 4 is 27.0 Å². The highest BCUT2D eigenvalue weighted by molar-refractivity contribution is 9.10. The van der Waals surface area contributed by atoms with Crippen molar-refractivity contribution in [3.05, 3.63) is 29.0 Å². The molecule has 0 N–H and O–H groups in total. The zero-order valence-electron chi connectivity index (χ0n) is 8.90. The number of nitrogens with zero attached hydrogens (tertiary/aromatic N) is 2. The molecule has 1 fully saturated rings. The van der Waals surface area contributed by atoms with Gasteiger partial charge in [0.1, 0.15) is 11.7 Å². The Morgan fingerprint density at radius 2 is 2.31 bits per heavy atom. The smallest absolute Gasteiger partial charge is 0.135 e. The summed E-state index contributed by atoms with van der Waals surface area (Å²) in [6, 6.07) is 6.14. The average Bonchev–Trinajstić information content (AvgIpc) is 2.75. The number of ether oxygens (including phenoxy) is 1. The Labute approximate surface area is 103 Å². The number of benzene rings is 1. The molecule has 1 atom stereocenters. The van der Waals surface area contributed by atoms with Crippen molar-refractivity contribution in [2.45, 2.75) is 25.5 Å². The summed E-state index contributed by atoms with van der Waals surface area (Å²) >= 11 is 3.52. The minimum atomic E-state index is 0.160. The Morgan fingerprint density at radius 3 is 3.12 bits per heavy atom. The lowest BCUT2D eigenvalue weighted by molar-refractivity contribution is -0.0295. The van der Waals surface area contributed by atoms with Crippen LogP contribution in [0.1, 0.15) is 25.5 Å². The number of fused-ring (bicyclic) bond motifs is 1. The lowest BCUT2D eigenvalue weighted by Gasteiger charge is -2.24. The zero-order valence-corrected chi connectivity index (χ0v) is 10.5. The molecule has 3 nitrogen and oxygen atoms in total. The molecule has 4 heteroatoms. The summed E-state index contributed by atoms with van der Waals surface area (Å²) in [6.07, 6.45) is 5.53. The van der Waals surface area contributed by atoms with E-state index in [-0.39, 0.29) is 6.23 Å². The van der Waals surface area contributed by atoms with Crippen LogP contribution in [-0.2, 0) is 4.74 Å². The van der Waals surface area contributed by atoms with Crippen LogP contribution in [0.3, 0.4) is 0 Å². The third-order valence-electron chi connectivity index (χ3n) is 3.02. The summed E-state index contributed by atoms with van der Waals surface area (Å²) in [5, 5.41) is 0. The van der Waals surface area contributed by atoms with E-state index >= 15 is 0 Å². The van der Waals surface area contributed by atoms with Crippen molar-refractivity contribution < 1.29 is 4.74 Å². The minimum Gasteiger partial charge on any atom is -0.358 e. The van der Waals surface area contributed by atoms with E-state index in [4.69, 9.17) is 4.74 Å². The predicted molar refractivity (Wildman–Crippen MR) is 66.3 cm³/mol. The Kier molecular flexibility index (Phi) is 2.69. The van der Waals surface area contributed by atoms with E-state index in [1.807, 2.05) is 18.5 Å². The van der Waals surface area contributed by atoms with Crippen LogP contribution >= 0.6 is 15.9 Å². The summed E-state index contributed by atoms with van der Waals surface area (Å²) in [4.78, 5) is 4.43. The molecule has 1 aliphatic rings. The van der Waals surface area contributed by atoms with Crippen molar-refractivity contribution in [1.29, 1.82) is 0 Å². The molecule has 0 spiro atoms. The first kappa shape index (κ1) is 10.3. The van der Waals surface area contributed by atoms with Crippen molar-refractivity contribution in [2.75, 3.05) is 6.61 Å². The summed E-state index contributed by atoms with van der Waals surface area (Å²) in [5.74, 6) is 0.